The van der Waals surface area contributed by atoms with Gasteiger partial charge in [-0.05, 0) is 31.6 Å². The summed E-state index contributed by atoms with van der Waals surface area (Å²) in [4.78, 5) is 12.0. The predicted octanol–water partition coefficient (Wildman–Crippen LogP) is 2.64. The maximum Gasteiger partial charge on any atom is 0.249 e. The summed E-state index contributed by atoms with van der Waals surface area (Å²) in [5.41, 5.74) is 5.56. The molecule has 4 nitrogen and oxygen atoms in total. The van der Waals surface area contributed by atoms with Gasteiger partial charge in [-0.25, -0.2) is 0 Å². The van der Waals surface area contributed by atoms with E-state index in [2.05, 4.69) is 19.2 Å². The maximum atomic E-state index is 12.0. The van der Waals surface area contributed by atoms with Crippen LogP contribution in [0, 0.1) is 5.92 Å². The summed E-state index contributed by atoms with van der Waals surface area (Å²) < 4.78 is 5.61. The average Bonchev–Trinajstić information content (AvgIpc) is 2.90. The molecule has 20 heavy (non-hydrogen) atoms. The number of halogens is 1. The van der Waals surface area contributed by atoms with Crippen LogP contribution in [0.2, 0.25) is 0 Å². The maximum absolute atomic E-state index is 12.0. The molecule has 1 saturated heterocycles. The Morgan fingerprint density at radius 1 is 1.30 bits per heavy atom. The molecule has 0 aromatic heterocycles. The largest absolute Gasteiger partial charge is 0.364 e. The molecule has 5 heteroatoms. The Morgan fingerprint density at radius 3 is 2.60 bits per heavy atom. The van der Waals surface area contributed by atoms with Crippen molar-refractivity contribution in [3.05, 3.63) is 0 Å². The van der Waals surface area contributed by atoms with Crippen molar-refractivity contribution in [2.75, 3.05) is 13.1 Å². The van der Waals surface area contributed by atoms with Crippen molar-refractivity contribution in [3.63, 3.8) is 0 Å². The minimum Gasteiger partial charge on any atom is -0.364 e. The smallest absolute Gasteiger partial charge is 0.249 e. The fourth-order valence-corrected chi connectivity index (χ4v) is 2.68. The van der Waals surface area contributed by atoms with Crippen molar-refractivity contribution in [2.24, 2.45) is 11.7 Å². The molecule has 1 rings (SSSR count). The fraction of sp³-hybridized carbons (Fsp3) is 0.933. The Hall–Kier alpha value is -0.320. The molecule has 0 spiro atoms. The molecular weight excluding hydrogens is 276 g/mol. The topological polar surface area (TPSA) is 64.4 Å². The SMILES string of the molecule is CCCCC(CCC)CNC(=O)[C@@H]1CC[C@H](CN)O1.Cl. The summed E-state index contributed by atoms with van der Waals surface area (Å²) >= 11 is 0. The Morgan fingerprint density at radius 2 is 2.05 bits per heavy atom. The van der Waals surface area contributed by atoms with Gasteiger partial charge in [0.2, 0.25) is 5.91 Å². The second kappa shape index (κ2) is 11.4. The average molecular weight is 307 g/mol. The molecule has 120 valence electrons. The summed E-state index contributed by atoms with van der Waals surface area (Å²) in [7, 11) is 0. The van der Waals surface area contributed by atoms with Gasteiger partial charge in [0, 0.05) is 13.1 Å². The third-order valence-corrected chi connectivity index (χ3v) is 3.89. The number of hydrogen-bond acceptors (Lipinski definition) is 3. The number of carbonyl (C=O) groups is 1. The van der Waals surface area contributed by atoms with E-state index in [1.807, 2.05) is 0 Å². The van der Waals surface area contributed by atoms with Crippen LogP contribution in [0.5, 0.6) is 0 Å². The second-order valence-corrected chi connectivity index (χ2v) is 5.60. The molecule has 0 bridgehead atoms. The lowest BCUT2D eigenvalue weighted by Gasteiger charge is -2.18. The van der Waals surface area contributed by atoms with E-state index in [4.69, 9.17) is 10.5 Å². The standard InChI is InChI=1S/C15H30N2O2.ClH/c1-3-5-7-12(6-4-2)11-17-15(18)14-9-8-13(10-16)19-14;/h12-14H,3-11,16H2,1-2H3,(H,17,18);1H/t12?,13-,14+;/m1./s1. The second-order valence-electron chi connectivity index (χ2n) is 5.60. The van der Waals surface area contributed by atoms with Gasteiger partial charge in [-0.1, -0.05) is 33.1 Å². The summed E-state index contributed by atoms with van der Waals surface area (Å²) in [6, 6.07) is 0. The van der Waals surface area contributed by atoms with Crippen LogP contribution in [-0.2, 0) is 9.53 Å². The molecule has 0 aliphatic carbocycles. The monoisotopic (exact) mass is 306 g/mol. The number of unbranched alkanes of at least 4 members (excludes halogenated alkanes) is 1. The Bertz CT molecular complexity index is 264. The lowest BCUT2D eigenvalue weighted by molar-refractivity contribution is -0.132. The number of ether oxygens (including phenoxy) is 1. The predicted molar refractivity (Wildman–Crippen MR) is 85.1 cm³/mol. The first-order chi connectivity index (χ1) is 9.21. The molecule has 1 aliphatic heterocycles. The highest BCUT2D eigenvalue weighted by Crippen LogP contribution is 2.19. The molecule has 0 aromatic rings. The summed E-state index contributed by atoms with van der Waals surface area (Å²) in [5.74, 6) is 0.661. The van der Waals surface area contributed by atoms with Crippen molar-refractivity contribution < 1.29 is 9.53 Å². The van der Waals surface area contributed by atoms with E-state index in [-0.39, 0.29) is 30.5 Å². The molecule has 1 aliphatic rings. The van der Waals surface area contributed by atoms with Crippen molar-refractivity contribution in [2.45, 2.75) is 71.0 Å². The molecule has 1 amide bonds. The van der Waals surface area contributed by atoms with Crippen LogP contribution in [0.25, 0.3) is 0 Å². The van der Waals surface area contributed by atoms with E-state index in [1.54, 1.807) is 0 Å². The number of hydrogen-bond donors (Lipinski definition) is 2. The van der Waals surface area contributed by atoms with Crippen molar-refractivity contribution in [1.82, 2.24) is 5.32 Å². The van der Waals surface area contributed by atoms with Crippen LogP contribution in [0.15, 0.2) is 0 Å². The normalized spacial score (nSPS) is 23.1. The number of nitrogens with two attached hydrogens (primary N) is 1. The number of amides is 1. The number of nitrogens with one attached hydrogen (secondary N) is 1. The number of rotatable bonds is 9. The van der Waals surface area contributed by atoms with Gasteiger partial charge in [0.1, 0.15) is 6.10 Å². The van der Waals surface area contributed by atoms with Crippen molar-refractivity contribution in [3.8, 4) is 0 Å². The Balaban J connectivity index is 0.00000361. The Labute approximate surface area is 129 Å². The van der Waals surface area contributed by atoms with Crippen molar-refractivity contribution >= 4 is 18.3 Å². The summed E-state index contributed by atoms with van der Waals surface area (Å²) in [5, 5.41) is 3.06. The quantitative estimate of drug-likeness (QED) is 0.688. The fourth-order valence-electron chi connectivity index (χ4n) is 2.68. The van der Waals surface area contributed by atoms with Gasteiger partial charge < -0.3 is 15.8 Å². The summed E-state index contributed by atoms with van der Waals surface area (Å²) in [6.45, 7) is 5.71. The highest BCUT2D eigenvalue weighted by atomic mass is 35.5. The molecule has 0 aromatic carbocycles. The third-order valence-electron chi connectivity index (χ3n) is 3.89. The molecule has 0 saturated carbocycles. The van der Waals surface area contributed by atoms with E-state index < -0.39 is 0 Å². The number of carbonyl (C=O) groups excluding carboxylic acids is 1. The highest BCUT2D eigenvalue weighted by molar-refractivity contribution is 5.85. The highest BCUT2D eigenvalue weighted by Gasteiger charge is 2.29. The third kappa shape index (κ3) is 6.91. The molecular formula is C15H31ClN2O2. The molecule has 3 N–H and O–H groups in total. The van der Waals surface area contributed by atoms with Crippen LogP contribution in [0.3, 0.4) is 0 Å². The van der Waals surface area contributed by atoms with Gasteiger partial charge >= 0.3 is 0 Å². The van der Waals surface area contributed by atoms with Gasteiger partial charge in [-0.15, -0.1) is 12.4 Å². The first-order valence-electron chi connectivity index (χ1n) is 7.84. The zero-order chi connectivity index (χ0) is 14.1. The van der Waals surface area contributed by atoms with Gasteiger partial charge in [-0.2, -0.15) is 0 Å². The summed E-state index contributed by atoms with van der Waals surface area (Å²) in [6.07, 6.45) is 7.56. The van der Waals surface area contributed by atoms with Gasteiger partial charge in [0.15, 0.2) is 0 Å². The van der Waals surface area contributed by atoms with Gasteiger partial charge in [0.05, 0.1) is 6.10 Å². The van der Waals surface area contributed by atoms with Gasteiger partial charge in [0.25, 0.3) is 0 Å². The van der Waals surface area contributed by atoms with Crippen LogP contribution in [-0.4, -0.2) is 31.2 Å². The van der Waals surface area contributed by atoms with Crippen molar-refractivity contribution in [1.29, 1.82) is 0 Å². The first-order valence-corrected chi connectivity index (χ1v) is 7.84. The minimum atomic E-state index is -0.276. The zero-order valence-electron chi connectivity index (χ0n) is 12.9. The molecule has 3 atom stereocenters. The first kappa shape index (κ1) is 19.7. The molecule has 0 radical (unpaired) electrons. The Kier molecular flexibility index (Phi) is 11.2. The lowest BCUT2D eigenvalue weighted by atomic mass is 9.97. The lowest BCUT2D eigenvalue weighted by Crippen LogP contribution is -2.38. The van der Waals surface area contributed by atoms with E-state index in [1.165, 1.54) is 32.1 Å². The van der Waals surface area contributed by atoms with Crippen LogP contribution in [0.1, 0.15) is 58.8 Å². The van der Waals surface area contributed by atoms with E-state index in [0.29, 0.717) is 12.5 Å². The van der Waals surface area contributed by atoms with Gasteiger partial charge in [-0.3, -0.25) is 4.79 Å². The molecule has 1 heterocycles. The zero-order valence-corrected chi connectivity index (χ0v) is 13.7. The molecule has 1 unspecified atom stereocenters. The molecule has 1 fully saturated rings. The van der Waals surface area contributed by atoms with Crippen LogP contribution in [0.4, 0.5) is 0 Å². The van der Waals surface area contributed by atoms with E-state index >= 15 is 0 Å². The van der Waals surface area contributed by atoms with E-state index in [9.17, 15) is 4.79 Å². The van der Waals surface area contributed by atoms with Crippen LogP contribution >= 0.6 is 12.4 Å². The van der Waals surface area contributed by atoms with E-state index in [0.717, 1.165) is 19.4 Å². The van der Waals surface area contributed by atoms with Crippen LogP contribution < -0.4 is 11.1 Å². The minimum absolute atomic E-state index is 0.